The molecule has 0 fully saturated rings. The molecule has 0 saturated heterocycles. The Morgan fingerprint density at radius 2 is 1.81 bits per heavy atom. The van der Waals surface area contributed by atoms with Crippen LogP contribution in [0.2, 0.25) is 0 Å². The number of rotatable bonds is 9. The zero-order valence-corrected chi connectivity index (χ0v) is 20.5. The number of benzene rings is 1. The van der Waals surface area contributed by atoms with Crippen molar-refractivity contribution in [3.63, 3.8) is 0 Å². The fraction of sp³-hybridized carbons (Fsp3) is 0.435. The van der Waals surface area contributed by atoms with Crippen molar-refractivity contribution in [2.75, 3.05) is 30.8 Å². The zero-order valence-electron chi connectivity index (χ0n) is 18.8. The first-order valence-corrected chi connectivity index (χ1v) is 11.8. The van der Waals surface area contributed by atoms with Crippen LogP contribution in [0.25, 0.3) is 0 Å². The molecule has 6 nitrogen and oxygen atoms in total. The molecule has 0 aliphatic rings. The largest absolute Gasteiger partial charge is 0.465 e. The van der Waals surface area contributed by atoms with Gasteiger partial charge in [0.15, 0.2) is 5.11 Å². The van der Waals surface area contributed by atoms with Crippen LogP contribution in [0, 0.1) is 6.92 Å². The maximum Gasteiger partial charge on any atom is 0.341 e. The molecule has 168 valence electrons. The van der Waals surface area contributed by atoms with E-state index < -0.39 is 5.97 Å². The summed E-state index contributed by atoms with van der Waals surface area (Å²) < 4.78 is 4.97. The van der Waals surface area contributed by atoms with Crippen LogP contribution < -0.4 is 10.6 Å². The Bertz CT molecular complexity index is 936. The fourth-order valence-electron chi connectivity index (χ4n) is 3.29. The molecule has 1 aromatic carbocycles. The normalized spacial score (nSPS) is 10.5. The Morgan fingerprint density at radius 1 is 1.13 bits per heavy atom. The van der Waals surface area contributed by atoms with Crippen molar-refractivity contribution in [3.8, 4) is 0 Å². The van der Waals surface area contributed by atoms with Crippen molar-refractivity contribution in [2.24, 2.45) is 0 Å². The van der Waals surface area contributed by atoms with E-state index in [1.54, 1.807) is 11.8 Å². The molecular weight excluding hydrogens is 430 g/mol. The van der Waals surface area contributed by atoms with Gasteiger partial charge in [-0.3, -0.25) is 4.79 Å². The quantitative estimate of drug-likeness (QED) is 0.381. The monoisotopic (exact) mass is 461 g/mol. The van der Waals surface area contributed by atoms with Gasteiger partial charge in [0, 0.05) is 18.8 Å². The minimum absolute atomic E-state index is 0.102. The lowest BCUT2D eigenvalue weighted by Gasteiger charge is -2.18. The highest BCUT2D eigenvalue weighted by molar-refractivity contribution is 7.80. The number of esters is 1. The van der Waals surface area contributed by atoms with Crippen LogP contribution in [0.15, 0.2) is 24.3 Å². The second-order valence-corrected chi connectivity index (χ2v) is 8.50. The van der Waals surface area contributed by atoms with Gasteiger partial charge in [0.25, 0.3) is 5.91 Å². The van der Waals surface area contributed by atoms with Gasteiger partial charge < -0.3 is 20.3 Å². The number of nitrogens with one attached hydrogen (secondary N) is 2. The lowest BCUT2D eigenvalue weighted by molar-refractivity contribution is 0.0601. The molecule has 31 heavy (non-hydrogen) atoms. The summed E-state index contributed by atoms with van der Waals surface area (Å²) in [6, 6.07) is 8.03. The van der Waals surface area contributed by atoms with Crippen LogP contribution in [-0.4, -0.2) is 42.1 Å². The number of thiophene rings is 1. The molecule has 1 amide bonds. The average Bonchev–Trinajstić information content (AvgIpc) is 3.08. The molecular formula is C23H31N3O3S2. The predicted octanol–water partition coefficient (Wildman–Crippen LogP) is 5.48. The van der Waals surface area contributed by atoms with Gasteiger partial charge in [-0.25, -0.2) is 4.79 Å². The molecule has 0 unspecified atom stereocenters. The highest BCUT2D eigenvalue weighted by Gasteiger charge is 2.27. The molecule has 0 bridgehead atoms. The fourth-order valence-corrected chi connectivity index (χ4v) is 4.74. The summed E-state index contributed by atoms with van der Waals surface area (Å²) in [4.78, 5) is 27.6. The van der Waals surface area contributed by atoms with E-state index in [9.17, 15) is 9.59 Å². The predicted molar refractivity (Wildman–Crippen MR) is 133 cm³/mol. The van der Waals surface area contributed by atoms with E-state index >= 15 is 0 Å². The lowest BCUT2D eigenvalue weighted by atomic mass is 10.1. The van der Waals surface area contributed by atoms with Crippen molar-refractivity contribution in [1.29, 1.82) is 0 Å². The molecule has 2 N–H and O–H groups in total. The molecule has 1 heterocycles. The second kappa shape index (κ2) is 11.8. The van der Waals surface area contributed by atoms with Crippen molar-refractivity contribution < 1.29 is 14.3 Å². The van der Waals surface area contributed by atoms with Gasteiger partial charge in [-0.2, -0.15) is 0 Å². The summed E-state index contributed by atoms with van der Waals surface area (Å²) in [7, 11) is 1.33. The summed E-state index contributed by atoms with van der Waals surface area (Å²) in [6.45, 7) is 8.97. The van der Waals surface area contributed by atoms with Crippen molar-refractivity contribution >= 4 is 51.2 Å². The highest BCUT2D eigenvalue weighted by Crippen LogP contribution is 2.35. The number of carbonyl (C=O) groups is 2. The van der Waals surface area contributed by atoms with Gasteiger partial charge in [0.1, 0.15) is 5.00 Å². The summed E-state index contributed by atoms with van der Waals surface area (Å²) >= 11 is 6.75. The van der Waals surface area contributed by atoms with Gasteiger partial charge in [0.2, 0.25) is 0 Å². The first-order chi connectivity index (χ1) is 14.9. The molecule has 0 spiro atoms. The van der Waals surface area contributed by atoms with Crippen LogP contribution in [0.5, 0.6) is 0 Å². The summed E-state index contributed by atoms with van der Waals surface area (Å²) in [5, 5.41) is 7.21. The van der Waals surface area contributed by atoms with Crippen LogP contribution in [0.1, 0.15) is 64.8 Å². The third-order valence-corrected chi connectivity index (χ3v) is 6.47. The Balaban J connectivity index is 2.32. The number of nitrogens with zero attached hydrogens (tertiary/aromatic N) is 1. The number of aryl methyl sites for hydroxylation is 1. The van der Waals surface area contributed by atoms with Crippen molar-refractivity contribution in [3.05, 3.63) is 45.8 Å². The molecule has 2 aromatic rings. The molecule has 8 heteroatoms. The maximum absolute atomic E-state index is 12.9. The average molecular weight is 462 g/mol. The number of methoxy groups -OCH3 is 1. The standard InChI is InChI=1S/C23H31N3O3S2/c1-6-9-12-16-13-10-11-14-17(16)24-23(30)25-20-18(22(28)29-5)15(4)19(31-20)21(27)26(7-2)8-3/h10-11,13-14H,6-9,12H2,1-5H3,(H2,24,25,30). The Labute approximate surface area is 194 Å². The topological polar surface area (TPSA) is 70.7 Å². The number of anilines is 2. The number of unbranched alkanes of at least 4 members (excludes halogenated alkanes) is 1. The third-order valence-electron chi connectivity index (χ3n) is 5.07. The van der Waals surface area contributed by atoms with Crippen LogP contribution >= 0.6 is 23.6 Å². The van der Waals surface area contributed by atoms with Gasteiger partial charge >= 0.3 is 5.97 Å². The number of carbonyl (C=O) groups excluding carboxylic acids is 2. The maximum atomic E-state index is 12.9. The second-order valence-electron chi connectivity index (χ2n) is 7.07. The number of thiocarbonyl (C=S) groups is 1. The summed E-state index contributed by atoms with van der Waals surface area (Å²) in [5.41, 5.74) is 3.05. The van der Waals surface area contributed by atoms with Crippen LogP contribution in [0.4, 0.5) is 10.7 Å². The van der Waals surface area contributed by atoms with E-state index in [0.29, 0.717) is 39.2 Å². The van der Waals surface area contributed by atoms with E-state index in [4.69, 9.17) is 17.0 Å². The Kier molecular flexibility index (Phi) is 9.45. The minimum Gasteiger partial charge on any atom is -0.465 e. The van der Waals surface area contributed by atoms with E-state index in [1.165, 1.54) is 24.0 Å². The van der Waals surface area contributed by atoms with Gasteiger partial charge in [-0.1, -0.05) is 31.5 Å². The number of hydrogen-bond acceptors (Lipinski definition) is 5. The molecule has 1 aromatic heterocycles. The molecule has 0 saturated carbocycles. The highest BCUT2D eigenvalue weighted by atomic mass is 32.1. The Morgan fingerprint density at radius 3 is 2.42 bits per heavy atom. The number of para-hydroxylation sites is 1. The number of ether oxygens (including phenoxy) is 1. The van der Waals surface area contributed by atoms with Crippen molar-refractivity contribution in [1.82, 2.24) is 4.90 Å². The van der Waals surface area contributed by atoms with Crippen LogP contribution in [-0.2, 0) is 11.2 Å². The lowest BCUT2D eigenvalue weighted by Crippen LogP contribution is -2.30. The van der Waals surface area contributed by atoms with Gasteiger partial charge in [-0.15, -0.1) is 11.3 Å². The number of hydrogen-bond donors (Lipinski definition) is 2. The van der Waals surface area contributed by atoms with E-state index in [-0.39, 0.29) is 5.91 Å². The first kappa shape index (κ1) is 24.8. The minimum atomic E-state index is -0.499. The molecule has 0 aliphatic heterocycles. The third kappa shape index (κ3) is 6.04. The smallest absolute Gasteiger partial charge is 0.341 e. The molecule has 2 rings (SSSR count). The van der Waals surface area contributed by atoms with Crippen molar-refractivity contribution in [2.45, 2.75) is 47.0 Å². The van der Waals surface area contributed by atoms with E-state index in [2.05, 4.69) is 23.6 Å². The van der Waals surface area contributed by atoms with Gasteiger partial charge in [-0.05, 0) is 63.0 Å². The van der Waals surface area contributed by atoms with E-state index in [1.807, 2.05) is 32.0 Å². The first-order valence-electron chi connectivity index (χ1n) is 10.5. The summed E-state index contributed by atoms with van der Waals surface area (Å²) in [6.07, 6.45) is 3.15. The molecule has 0 radical (unpaired) electrons. The number of amides is 1. The molecule has 0 atom stereocenters. The van der Waals surface area contributed by atoms with Gasteiger partial charge in [0.05, 0.1) is 17.6 Å². The summed E-state index contributed by atoms with van der Waals surface area (Å²) in [5.74, 6) is -0.601. The van der Waals surface area contributed by atoms with E-state index in [0.717, 1.165) is 24.9 Å². The molecule has 0 aliphatic carbocycles. The SMILES string of the molecule is CCCCc1ccccc1NC(=S)Nc1sc(C(=O)N(CC)CC)c(C)c1C(=O)OC. The zero-order chi connectivity index (χ0) is 23.0. The Hall–Kier alpha value is -2.45. The van der Waals surface area contributed by atoms with Crippen LogP contribution in [0.3, 0.4) is 0 Å².